The highest BCUT2D eigenvalue weighted by atomic mass is 35.5. The van der Waals surface area contributed by atoms with Crippen LogP contribution in [0.25, 0.3) is 0 Å². The fraction of sp³-hybridized carbons (Fsp3) is 0.300. The maximum absolute atomic E-state index is 12.0. The zero-order valence-corrected chi connectivity index (χ0v) is 9.43. The summed E-state index contributed by atoms with van der Waals surface area (Å²) in [4.78, 5) is 11.0. The second-order valence-electron chi connectivity index (χ2n) is 3.10. The van der Waals surface area contributed by atoms with Gasteiger partial charge in [0.2, 0.25) is 0 Å². The van der Waals surface area contributed by atoms with Crippen LogP contribution in [0.5, 0.6) is 5.75 Å². The van der Waals surface area contributed by atoms with Gasteiger partial charge in [-0.2, -0.15) is 0 Å². The van der Waals surface area contributed by atoms with Crippen molar-refractivity contribution in [1.29, 1.82) is 0 Å². The van der Waals surface area contributed by atoms with Crippen LogP contribution in [-0.4, -0.2) is 19.4 Å². The molecular formula is C10H8ClF3O3. The summed E-state index contributed by atoms with van der Waals surface area (Å²) in [6.45, 7) is 0. The van der Waals surface area contributed by atoms with Crippen LogP contribution >= 0.6 is 11.6 Å². The first-order valence-corrected chi connectivity index (χ1v) is 4.80. The standard InChI is InChI=1S/C10H8ClF3O3/c1-16-9(15)4-6-2-7(11)5-8(3-6)17-10(12,13)14/h2-3,5H,4H2,1H3. The molecule has 7 heteroatoms. The van der Waals surface area contributed by atoms with Crippen molar-refractivity contribution in [1.82, 2.24) is 0 Å². The minimum absolute atomic E-state index is 0.0469. The molecule has 1 aromatic rings. The Morgan fingerprint density at radius 2 is 2.00 bits per heavy atom. The first-order chi connectivity index (χ1) is 7.80. The first kappa shape index (κ1) is 13.6. The largest absolute Gasteiger partial charge is 0.573 e. The van der Waals surface area contributed by atoms with Crippen LogP contribution in [0.2, 0.25) is 5.02 Å². The van der Waals surface area contributed by atoms with E-state index in [1.54, 1.807) is 0 Å². The van der Waals surface area contributed by atoms with Gasteiger partial charge in [0.15, 0.2) is 0 Å². The molecule has 0 aliphatic rings. The van der Waals surface area contributed by atoms with Crippen LogP contribution in [0.1, 0.15) is 5.56 Å². The van der Waals surface area contributed by atoms with E-state index in [9.17, 15) is 18.0 Å². The molecule has 0 atom stereocenters. The van der Waals surface area contributed by atoms with Crippen LogP contribution < -0.4 is 4.74 Å². The number of benzene rings is 1. The predicted molar refractivity (Wildman–Crippen MR) is 53.9 cm³/mol. The zero-order valence-electron chi connectivity index (χ0n) is 8.68. The third kappa shape index (κ3) is 4.95. The van der Waals surface area contributed by atoms with Crippen molar-refractivity contribution in [3.8, 4) is 5.75 Å². The highest BCUT2D eigenvalue weighted by Crippen LogP contribution is 2.27. The van der Waals surface area contributed by atoms with Gasteiger partial charge >= 0.3 is 12.3 Å². The van der Waals surface area contributed by atoms with Gasteiger partial charge < -0.3 is 9.47 Å². The molecule has 17 heavy (non-hydrogen) atoms. The number of rotatable bonds is 3. The second kappa shape index (κ2) is 5.27. The number of hydrogen-bond donors (Lipinski definition) is 0. The molecule has 0 saturated heterocycles. The smallest absolute Gasteiger partial charge is 0.469 e. The van der Waals surface area contributed by atoms with Crippen molar-refractivity contribution >= 4 is 17.6 Å². The fourth-order valence-electron chi connectivity index (χ4n) is 1.15. The van der Waals surface area contributed by atoms with Crippen molar-refractivity contribution in [2.45, 2.75) is 12.8 Å². The molecule has 0 heterocycles. The molecule has 0 aliphatic carbocycles. The van der Waals surface area contributed by atoms with Crippen LogP contribution in [0.15, 0.2) is 18.2 Å². The van der Waals surface area contributed by atoms with Crippen LogP contribution in [0.3, 0.4) is 0 Å². The van der Waals surface area contributed by atoms with E-state index in [1.165, 1.54) is 13.2 Å². The van der Waals surface area contributed by atoms with E-state index in [-0.39, 0.29) is 17.0 Å². The van der Waals surface area contributed by atoms with E-state index in [4.69, 9.17) is 11.6 Å². The normalized spacial score (nSPS) is 11.1. The third-order valence-corrected chi connectivity index (χ3v) is 1.96. The van der Waals surface area contributed by atoms with Crippen molar-refractivity contribution < 1.29 is 27.4 Å². The van der Waals surface area contributed by atoms with Gasteiger partial charge in [-0.15, -0.1) is 13.2 Å². The molecule has 0 unspecified atom stereocenters. The molecule has 1 rings (SSSR count). The highest BCUT2D eigenvalue weighted by Gasteiger charge is 2.31. The number of methoxy groups -OCH3 is 1. The van der Waals surface area contributed by atoms with Gasteiger partial charge in [-0.3, -0.25) is 4.79 Å². The van der Waals surface area contributed by atoms with Crippen LogP contribution in [-0.2, 0) is 16.0 Å². The number of carbonyl (C=O) groups excluding carboxylic acids is 1. The fourth-order valence-corrected chi connectivity index (χ4v) is 1.40. The lowest BCUT2D eigenvalue weighted by Gasteiger charge is -2.10. The monoisotopic (exact) mass is 268 g/mol. The topological polar surface area (TPSA) is 35.5 Å². The zero-order chi connectivity index (χ0) is 13.1. The van der Waals surface area contributed by atoms with E-state index in [0.29, 0.717) is 0 Å². The van der Waals surface area contributed by atoms with E-state index in [2.05, 4.69) is 9.47 Å². The maximum Gasteiger partial charge on any atom is 0.573 e. The predicted octanol–water partition coefficient (Wildman–Crippen LogP) is 2.95. The van der Waals surface area contributed by atoms with E-state index >= 15 is 0 Å². The van der Waals surface area contributed by atoms with E-state index < -0.39 is 18.1 Å². The Hall–Kier alpha value is -1.43. The number of hydrogen-bond acceptors (Lipinski definition) is 3. The summed E-state index contributed by atoms with van der Waals surface area (Å²) in [5.74, 6) is -1.05. The quantitative estimate of drug-likeness (QED) is 0.791. The number of alkyl halides is 3. The molecule has 0 radical (unpaired) electrons. The van der Waals surface area contributed by atoms with Gasteiger partial charge in [0.1, 0.15) is 5.75 Å². The van der Waals surface area contributed by atoms with Gasteiger partial charge in [-0.05, 0) is 23.8 Å². The number of carbonyl (C=O) groups is 1. The van der Waals surface area contributed by atoms with Gasteiger partial charge in [-0.25, -0.2) is 0 Å². The molecule has 0 saturated carbocycles. The Balaban J connectivity index is 2.90. The summed E-state index contributed by atoms with van der Waals surface area (Å²) in [5.41, 5.74) is 0.281. The average Bonchev–Trinajstić information content (AvgIpc) is 2.13. The molecule has 0 amide bonds. The Kier molecular flexibility index (Phi) is 4.22. The molecular weight excluding hydrogens is 261 g/mol. The van der Waals surface area contributed by atoms with Crippen LogP contribution in [0.4, 0.5) is 13.2 Å². The maximum atomic E-state index is 12.0. The molecule has 0 aromatic heterocycles. The molecule has 0 spiro atoms. The molecule has 0 aliphatic heterocycles. The summed E-state index contributed by atoms with van der Waals surface area (Å²) in [6.07, 6.45) is -4.97. The summed E-state index contributed by atoms with van der Waals surface area (Å²) >= 11 is 5.61. The molecule has 0 N–H and O–H groups in total. The van der Waals surface area contributed by atoms with Gasteiger partial charge in [-0.1, -0.05) is 11.6 Å². The summed E-state index contributed by atoms with van der Waals surface area (Å²) in [7, 11) is 1.18. The Labute approximate surface area is 100 Å². The number of ether oxygens (including phenoxy) is 2. The third-order valence-electron chi connectivity index (χ3n) is 1.74. The molecule has 1 aromatic carbocycles. The molecule has 0 bridgehead atoms. The molecule has 3 nitrogen and oxygen atoms in total. The van der Waals surface area contributed by atoms with Crippen LogP contribution in [0, 0.1) is 0 Å². The second-order valence-corrected chi connectivity index (χ2v) is 3.53. The minimum atomic E-state index is -4.80. The lowest BCUT2D eigenvalue weighted by Crippen LogP contribution is -2.17. The minimum Gasteiger partial charge on any atom is -0.469 e. The lowest BCUT2D eigenvalue weighted by molar-refractivity contribution is -0.274. The summed E-state index contributed by atoms with van der Waals surface area (Å²) in [6, 6.07) is 3.45. The summed E-state index contributed by atoms with van der Waals surface area (Å²) < 4.78 is 44.0. The molecule has 0 fully saturated rings. The average molecular weight is 269 g/mol. The van der Waals surface area contributed by atoms with Gasteiger partial charge in [0.05, 0.1) is 13.5 Å². The van der Waals surface area contributed by atoms with E-state index in [0.717, 1.165) is 12.1 Å². The molecule has 94 valence electrons. The summed E-state index contributed by atoms with van der Waals surface area (Å²) in [5, 5.41) is 0.0469. The van der Waals surface area contributed by atoms with Gasteiger partial charge in [0.25, 0.3) is 0 Å². The van der Waals surface area contributed by atoms with E-state index in [1.807, 2.05) is 0 Å². The Morgan fingerprint density at radius 3 is 2.53 bits per heavy atom. The first-order valence-electron chi connectivity index (χ1n) is 4.42. The SMILES string of the molecule is COC(=O)Cc1cc(Cl)cc(OC(F)(F)F)c1. The van der Waals surface area contributed by atoms with Crippen molar-refractivity contribution in [2.24, 2.45) is 0 Å². The highest BCUT2D eigenvalue weighted by molar-refractivity contribution is 6.30. The number of halogens is 4. The van der Waals surface area contributed by atoms with Gasteiger partial charge in [0, 0.05) is 5.02 Å². The van der Waals surface area contributed by atoms with Crippen molar-refractivity contribution in [3.05, 3.63) is 28.8 Å². The van der Waals surface area contributed by atoms with Crippen molar-refractivity contribution in [3.63, 3.8) is 0 Å². The Bertz CT molecular complexity index is 418. The van der Waals surface area contributed by atoms with Crippen molar-refractivity contribution in [2.75, 3.05) is 7.11 Å². The lowest BCUT2D eigenvalue weighted by atomic mass is 10.1. The Morgan fingerprint density at radius 1 is 1.35 bits per heavy atom. The number of esters is 1.